The van der Waals surface area contributed by atoms with E-state index in [2.05, 4.69) is 5.32 Å². The molecule has 0 amide bonds. The predicted molar refractivity (Wildman–Crippen MR) is 54.2 cm³/mol. The third-order valence-corrected chi connectivity index (χ3v) is 2.80. The minimum Gasteiger partial charge on any atom is -0.389 e. The van der Waals surface area contributed by atoms with E-state index in [1.165, 1.54) is 0 Å². The maximum Gasteiger partial charge on any atom is 0.102 e. The third-order valence-electron chi connectivity index (χ3n) is 2.80. The molecule has 0 aliphatic carbocycles. The lowest BCUT2D eigenvalue weighted by molar-refractivity contribution is 0.0139. The lowest BCUT2D eigenvalue weighted by Crippen LogP contribution is -2.46. The van der Waals surface area contributed by atoms with Crippen LogP contribution < -0.4 is 5.32 Å². The van der Waals surface area contributed by atoms with E-state index < -0.39 is 11.2 Å². The fourth-order valence-electron chi connectivity index (χ4n) is 1.43. The molecule has 0 bridgehead atoms. The molecule has 84 valence electrons. The number of aliphatic hydroxyl groups is 2. The van der Waals surface area contributed by atoms with Crippen molar-refractivity contribution in [2.45, 2.75) is 37.9 Å². The van der Waals surface area contributed by atoms with E-state index >= 15 is 0 Å². The lowest BCUT2D eigenvalue weighted by Gasteiger charge is -2.26. The molecule has 4 heteroatoms. The van der Waals surface area contributed by atoms with Gasteiger partial charge >= 0.3 is 0 Å². The van der Waals surface area contributed by atoms with Gasteiger partial charge in [-0.2, -0.15) is 0 Å². The normalized spacial score (nSPS) is 31.7. The molecule has 0 spiro atoms. The SMILES string of the molecule is CCC(C)(O)CNCC1(O)CCOC1. The van der Waals surface area contributed by atoms with Crippen molar-refractivity contribution < 1.29 is 14.9 Å². The van der Waals surface area contributed by atoms with Crippen LogP contribution in [-0.4, -0.2) is 47.7 Å². The molecule has 1 rings (SSSR count). The first-order chi connectivity index (χ1) is 6.47. The van der Waals surface area contributed by atoms with Gasteiger partial charge in [0.2, 0.25) is 0 Å². The average Bonchev–Trinajstić information content (AvgIpc) is 2.52. The van der Waals surface area contributed by atoms with Crippen LogP contribution in [0.1, 0.15) is 26.7 Å². The zero-order valence-corrected chi connectivity index (χ0v) is 9.05. The number of rotatable bonds is 5. The Morgan fingerprint density at radius 2 is 2.29 bits per heavy atom. The largest absolute Gasteiger partial charge is 0.389 e. The van der Waals surface area contributed by atoms with Crippen molar-refractivity contribution in [1.29, 1.82) is 0 Å². The van der Waals surface area contributed by atoms with Crippen LogP contribution in [0.25, 0.3) is 0 Å². The second kappa shape index (κ2) is 4.57. The monoisotopic (exact) mass is 203 g/mol. The lowest BCUT2D eigenvalue weighted by atomic mass is 10.0. The van der Waals surface area contributed by atoms with Crippen LogP contribution in [0.2, 0.25) is 0 Å². The smallest absolute Gasteiger partial charge is 0.102 e. The van der Waals surface area contributed by atoms with E-state index in [9.17, 15) is 10.2 Å². The average molecular weight is 203 g/mol. The molecular formula is C10H21NO3. The molecule has 0 aromatic carbocycles. The summed E-state index contributed by atoms with van der Waals surface area (Å²) in [6, 6.07) is 0. The van der Waals surface area contributed by atoms with Crippen LogP contribution in [0.5, 0.6) is 0 Å². The van der Waals surface area contributed by atoms with E-state index in [1.807, 2.05) is 6.92 Å². The summed E-state index contributed by atoms with van der Waals surface area (Å²) in [5, 5.41) is 22.7. The maximum atomic E-state index is 9.89. The highest BCUT2D eigenvalue weighted by Gasteiger charge is 2.32. The van der Waals surface area contributed by atoms with E-state index in [4.69, 9.17) is 4.74 Å². The van der Waals surface area contributed by atoms with Crippen LogP contribution in [-0.2, 0) is 4.74 Å². The van der Waals surface area contributed by atoms with E-state index in [0.717, 1.165) is 0 Å². The minimum absolute atomic E-state index is 0.397. The highest BCUT2D eigenvalue weighted by atomic mass is 16.5. The van der Waals surface area contributed by atoms with Gasteiger partial charge in [-0.25, -0.2) is 0 Å². The van der Waals surface area contributed by atoms with Gasteiger partial charge in [-0.1, -0.05) is 6.92 Å². The Morgan fingerprint density at radius 1 is 1.57 bits per heavy atom. The van der Waals surface area contributed by atoms with Crippen molar-refractivity contribution in [3.05, 3.63) is 0 Å². The van der Waals surface area contributed by atoms with Gasteiger partial charge in [0, 0.05) is 26.1 Å². The highest BCUT2D eigenvalue weighted by molar-refractivity contribution is 4.86. The summed E-state index contributed by atoms with van der Waals surface area (Å²) >= 11 is 0. The fourth-order valence-corrected chi connectivity index (χ4v) is 1.43. The van der Waals surface area contributed by atoms with Gasteiger partial charge in [0.25, 0.3) is 0 Å². The second-order valence-corrected chi connectivity index (χ2v) is 4.48. The van der Waals surface area contributed by atoms with Crippen molar-refractivity contribution in [1.82, 2.24) is 5.32 Å². The van der Waals surface area contributed by atoms with Gasteiger partial charge in [-0.15, -0.1) is 0 Å². The van der Waals surface area contributed by atoms with Gasteiger partial charge < -0.3 is 20.3 Å². The summed E-state index contributed by atoms with van der Waals surface area (Å²) < 4.78 is 5.12. The van der Waals surface area contributed by atoms with Crippen molar-refractivity contribution in [3.63, 3.8) is 0 Å². The van der Waals surface area contributed by atoms with E-state index in [-0.39, 0.29) is 0 Å². The molecule has 3 N–H and O–H groups in total. The fraction of sp³-hybridized carbons (Fsp3) is 1.00. The van der Waals surface area contributed by atoms with Crippen LogP contribution in [0.15, 0.2) is 0 Å². The van der Waals surface area contributed by atoms with Gasteiger partial charge in [-0.05, 0) is 13.3 Å². The van der Waals surface area contributed by atoms with Crippen LogP contribution in [0.4, 0.5) is 0 Å². The zero-order valence-electron chi connectivity index (χ0n) is 9.05. The van der Waals surface area contributed by atoms with Crippen molar-refractivity contribution in [2.24, 2.45) is 0 Å². The first-order valence-corrected chi connectivity index (χ1v) is 5.21. The van der Waals surface area contributed by atoms with Gasteiger partial charge in [0.05, 0.1) is 12.2 Å². The minimum atomic E-state index is -0.732. The van der Waals surface area contributed by atoms with Gasteiger partial charge in [-0.3, -0.25) is 0 Å². The Kier molecular flexibility index (Phi) is 3.89. The maximum absolute atomic E-state index is 9.89. The number of ether oxygens (including phenoxy) is 1. The number of hydrogen-bond acceptors (Lipinski definition) is 4. The molecule has 1 fully saturated rings. The van der Waals surface area contributed by atoms with Crippen LogP contribution in [0.3, 0.4) is 0 Å². The summed E-state index contributed by atoms with van der Waals surface area (Å²) in [5.41, 5.74) is -1.42. The molecule has 1 saturated heterocycles. The Bertz CT molecular complexity index is 176. The van der Waals surface area contributed by atoms with Crippen LogP contribution in [0, 0.1) is 0 Å². The molecule has 4 nitrogen and oxygen atoms in total. The number of nitrogens with one attached hydrogen (secondary N) is 1. The van der Waals surface area contributed by atoms with Crippen molar-refractivity contribution in [3.8, 4) is 0 Å². The Morgan fingerprint density at radius 3 is 2.79 bits per heavy atom. The third kappa shape index (κ3) is 3.53. The number of hydrogen-bond donors (Lipinski definition) is 3. The van der Waals surface area contributed by atoms with Gasteiger partial charge in [0.15, 0.2) is 0 Å². The first-order valence-electron chi connectivity index (χ1n) is 5.21. The molecular weight excluding hydrogens is 182 g/mol. The molecule has 0 aromatic rings. The molecule has 2 unspecified atom stereocenters. The highest BCUT2D eigenvalue weighted by Crippen LogP contribution is 2.17. The van der Waals surface area contributed by atoms with E-state index in [1.54, 1.807) is 6.92 Å². The molecule has 1 aliphatic heterocycles. The summed E-state index contributed by atoms with van der Waals surface area (Å²) in [6.45, 7) is 5.75. The Hall–Kier alpha value is -0.160. The molecule has 2 atom stereocenters. The molecule has 1 aliphatic rings. The topological polar surface area (TPSA) is 61.7 Å². The second-order valence-electron chi connectivity index (χ2n) is 4.48. The predicted octanol–water partition coefficient (Wildman–Crippen LogP) is -0.112. The molecule has 0 saturated carbocycles. The summed E-state index contributed by atoms with van der Waals surface area (Å²) in [6.07, 6.45) is 1.38. The molecule has 0 aromatic heterocycles. The zero-order chi connectivity index (χ0) is 10.7. The molecule has 1 heterocycles. The summed E-state index contributed by atoms with van der Waals surface area (Å²) in [7, 11) is 0. The quantitative estimate of drug-likeness (QED) is 0.583. The van der Waals surface area contributed by atoms with Gasteiger partial charge in [0.1, 0.15) is 5.60 Å². The molecule has 14 heavy (non-hydrogen) atoms. The van der Waals surface area contributed by atoms with Crippen molar-refractivity contribution >= 4 is 0 Å². The summed E-state index contributed by atoms with van der Waals surface area (Å²) in [5.74, 6) is 0. The summed E-state index contributed by atoms with van der Waals surface area (Å²) in [4.78, 5) is 0. The standard InChI is InChI=1S/C10H21NO3/c1-3-9(2,12)6-11-7-10(13)4-5-14-8-10/h11-13H,3-8H2,1-2H3. The van der Waals surface area contributed by atoms with E-state index in [0.29, 0.717) is 39.1 Å². The first kappa shape index (κ1) is 11.9. The Labute approximate surface area is 85.3 Å². The van der Waals surface area contributed by atoms with Crippen LogP contribution >= 0.6 is 0 Å². The molecule has 0 radical (unpaired) electrons. The Balaban J connectivity index is 2.20. The van der Waals surface area contributed by atoms with Crippen molar-refractivity contribution in [2.75, 3.05) is 26.3 Å².